The number of carbonyl (C=O) groups is 1. The summed E-state index contributed by atoms with van der Waals surface area (Å²) in [6.07, 6.45) is 3.01. The van der Waals surface area contributed by atoms with Gasteiger partial charge in [-0.1, -0.05) is 46.9 Å². The number of hydrogen-bond donors (Lipinski definition) is 1. The Balaban J connectivity index is 1.66. The van der Waals surface area contributed by atoms with Crippen molar-refractivity contribution in [2.45, 2.75) is 0 Å². The Hall–Kier alpha value is -2.73. The van der Waals surface area contributed by atoms with Crippen LogP contribution in [0.4, 0.5) is 5.69 Å². The van der Waals surface area contributed by atoms with Crippen LogP contribution < -0.4 is 5.32 Å². The Kier molecular flexibility index (Phi) is 5.13. The predicted octanol–water partition coefficient (Wildman–Crippen LogP) is 5.90. The molecule has 8 heteroatoms. The number of aromatic nitrogens is 3. The summed E-state index contributed by atoms with van der Waals surface area (Å²) in [7, 11) is 0. The summed E-state index contributed by atoms with van der Waals surface area (Å²) >= 11 is 18.1. The molecule has 0 spiro atoms. The molecule has 2 aromatic heterocycles. The zero-order valence-electron chi connectivity index (χ0n) is 14.2. The highest BCUT2D eigenvalue weighted by atomic mass is 35.5. The second kappa shape index (κ2) is 7.72. The highest BCUT2D eigenvalue weighted by Crippen LogP contribution is 2.30. The van der Waals surface area contributed by atoms with Gasteiger partial charge in [-0.3, -0.25) is 9.78 Å². The van der Waals surface area contributed by atoms with Crippen LogP contribution in [0.25, 0.3) is 22.3 Å². The van der Waals surface area contributed by atoms with Crippen LogP contribution in [-0.2, 0) is 0 Å². The highest BCUT2D eigenvalue weighted by Gasteiger charge is 2.12. The van der Waals surface area contributed by atoms with E-state index in [1.807, 2.05) is 24.3 Å². The van der Waals surface area contributed by atoms with Crippen molar-refractivity contribution in [3.8, 4) is 11.3 Å². The van der Waals surface area contributed by atoms with Crippen LogP contribution in [-0.4, -0.2) is 20.9 Å². The van der Waals surface area contributed by atoms with Crippen molar-refractivity contribution in [3.63, 3.8) is 0 Å². The van der Waals surface area contributed by atoms with Gasteiger partial charge in [-0.2, -0.15) is 0 Å². The molecular weight excluding hydrogens is 419 g/mol. The topological polar surface area (TPSA) is 67.8 Å². The molecule has 1 amide bonds. The van der Waals surface area contributed by atoms with E-state index >= 15 is 0 Å². The van der Waals surface area contributed by atoms with Gasteiger partial charge in [-0.05, 0) is 36.4 Å². The summed E-state index contributed by atoms with van der Waals surface area (Å²) in [5, 5.41) is 3.64. The molecule has 0 aliphatic carbocycles. The summed E-state index contributed by atoms with van der Waals surface area (Å²) in [6, 6.07) is 14.1. The molecule has 0 saturated carbocycles. The summed E-state index contributed by atoms with van der Waals surface area (Å²) in [4.78, 5) is 25.4. The minimum Gasteiger partial charge on any atom is -0.322 e. The minimum atomic E-state index is -0.371. The summed E-state index contributed by atoms with van der Waals surface area (Å²) < 4.78 is 0. The smallest absolute Gasteiger partial charge is 0.257 e. The zero-order chi connectivity index (χ0) is 19.7. The van der Waals surface area contributed by atoms with Crippen LogP contribution in [0.3, 0.4) is 0 Å². The number of fused-ring (bicyclic) bond motifs is 1. The maximum Gasteiger partial charge on any atom is 0.257 e. The molecular formula is C20H11Cl3N4O. The Morgan fingerprint density at radius 3 is 2.43 bits per heavy atom. The van der Waals surface area contributed by atoms with Gasteiger partial charge in [0.1, 0.15) is 5.15 Å². The third-order valence-electron chi connectivity index (χ3n) is 4.01. The monoisotopic (exact) mass is 428 g/mol. The fourth-order valence-corrected chi connectivity index (χ4v) is 3.12. The van der Waals surface area contributed by atoms with E-state index in [0.717, 1.165) is 11.0 Å². The van der Waals surface area contributed by atoms with Crippen LogP contribution in [0.2, 0.25) is 15.2 Å². The quantitative estimate of drug-likeness (QED) is 0.411. The van der Waals surface area contributed by atoms with Gasteiger partial charge >= 0.3 is 0 Å². The molecule has 28 heavy (non-hydrogen) atoms. The van der Waals surface area contributed by atoms with Gasteiger partial charge < -0.3 is 5.32 Å². The van der Waals surface area contributed by atoms with Crippen molar-refractivity contribution >= 4 is 57.4 Å². The summed E-state index contributed by atoms with van der Waals surface area (Å²) in [6.45, 7) is 0. The standard InChI is InChI=1S/C20H11Cl3N4O/c21-14-6-5-12(26-20(28)11-7-15(22)19(23)25-9-11)8-13(14)18-10-24-16-3-1-2-4-17(16)27-18/h1-10H,(H,26,28). The Labute approximate surface area is 175 Å². The van der Waals surface area contributed by atoms with E-state index in [4.69, 9.17) is 34.8 Å². The molecule has 0 unspecified atom stereocenters. The first kappa shape index (κ1) is 18.6. The summed E-state index contributed by atoms with van der Waals surface area (Å²) in [5.41, 5.74) is 3.65. The van der Waals surface area contributed by atoms with Gasteiger partial charge in [0.25, 0.3) is 5.91 Å². The van der Waals surface area contributed by atoms with Crippen LogP contribution in [0.5, 0.6) is 0 Å². The van der Waals surface area contributed by atoms with Crippen molar-refractivity contribution < 1.29 is 4.79 Å². The molecule has 0 fully saturated rings. The molecule has 0 aliphatic rings. The van der Waals surface area contributed by atoms with Crippen molar-refractivity contribution in [1.82, 2.24) is 15.0 Å². The Bertz CT molecular complexity index is 1210. The molecule has 0 atom stereocenters. The maximum absolute atomic E-state index is 12.5. The number of hydrogen-bond acceptors (Lipinski definition) is 4. The number of nitrogens with zero attached hydrogens (tertiary/aromatic N) is 3. The predicted molar refractivity (Wildman–Crippen MR) is 112 cm³/mol. The third-order valence-corrected chi connectivity index (χ3v) is 5.02. The third kappa shape index (κ3) is 3.78. The van der Waals surface area contributed by atoms with Gasteiger partial charge in [-0.15, -0.1) is 0 Å². The number of amides is 1. The largest absolute Gasteiger partial charge is 0.322 e. The fraction of sp³-hybridized carbons (Fsp3) is 0. The molecule has 4 rings (SSSR count). The van der Waals surface area contributed by atoms with E-state index in [-0.39, 0.29) is 21.6 Å². The van der Waals surface area contributed by atoms with Crippen molar-refractivity contribution in [1.29, 1.82) is 0 Å². The minimum absolute atomic E-state index is 0.141. The van der Waals surface area contributed by atoms with E-state index in [1.54, 1.807) is 24.4 Å². The van der Waals surface area contributed by atoms with E-state index in [1.165, 1.54) is 12.3 Å². The van der Waals surface area contributed by atoms with Crippen molar-refractivity contribution in [2.24, 2.45) is 0 Å². The molecule has 5 nitrogen and oxygen atoms in total. The van der Waals surface area contributed by atoms with Gasteiger partial charge in [0.2, 0.25) is 0 Å². The second-order valence-electron chi connectivity index (χ2n) is 5.89. The normalized spacial score (nSPS) is 10.8. The number of anilines is 1. The van der Waals surface area contributed by atoms with Gasteiger partial charge in [0.15, 0.2) is 0 Å². The number of nitrogens with one attached hydrogen (secondary N) is 1. The molecule has 1 N–H and O–H groups in total. The number of halogens is 3. The Morgan fingerprint density at radius 1 is 0.857 bits per heavy atom. The molecule has 2 aromatic carbocycles. The van der Waals surface area contributed by atoms with E-state index in [9.17, 15) is 4.79 Å². The van der Waals surface area contributed by atoms with E-state index in [0.29, 0.717) is 22.0 Å². The van der Waals surface area contributed by atoms with Crippen LogP contribution in [0.1, 0.15) is 10.4 Å². The number of pyridine rings is 1. The van der Waals surface area contributed by atoms with Gasteiger partial charge in [0, 0.05) is 17.4 Å². The summed E-state index contributed by atoms with van der Waals surface area (Å²) in [5.74, 6) is -0.371. The van der Waals surface area contributed by atoms with E-state index < -0.39 is 0 Å². The number of para-hydroxylation sites is 2. The fourth-order valence-electron chi connectivity index (χ4n) is 2.63. The highest BCUT2D eigenvalue weighted by molar-refractivity contribution is 6.41. The van der Waals surface area contributed by atoms with E-state index in [2.05, 4.69) is 20.3 Å². The van der Waals surface area contributed by atoms with Crippen molar-refractivity contribution in [3.05, 3.63) is 81.7 Å². The van der Waals surface area contributed by atoms with Gasteiger partial charge in [0.05, 0.1) is 38.5 Å². The lowest BCUT2D eigenvalue weighted by Crippen LogP contribution is -2.12. The Morgan fingerprint density at radius 2 is 1.64 bits per heavy atom. The average molecular weight is 430 g/mol. The lowest BCUT2D eigenvalue weighted by atomic mass is 10.1. The number of rotatable bonds is 3. The van der Waals surface area contributed by atoms with Crippen LogP contribution in [0.15, 0.2) is 60.9 Å². The second-order valence-corrected chi connectivity index (χ2v) is 7.06. The maximum atomic E-state index is 12.5. The number of carbonyl (C=O) groups excluding carboxylic acids is 1. The molecule has 138 valence electrons. The first-order chi connectivity index (χ1) is 13.5. The molecule has 4 aromatic rings. The first-order valence-corrected chi connectivity index (χ1v) is 9.29. The van der Waals surface area contributed by atoms with Gasteiger partial charge in [-0.25, -0.2) is 9.97 Å². The van der Waals surface area contributed by atoms with Crippen molar-refractivity contribution in [2.75, 3.05) is 5.32 Å². The lowest BCUT2D eigenvalue weighted by molar-refractivity contribution is 0.102. The lowest BCUT2D eigenvalue weighted by Gasteiger charge is -2.10. The first-order valence-electron chi connectivity index (χ1n) is 8.15. The molecule has 2 heterocycles. The number of benzene rings is 2. The molecule has 0 saturated heterocycles. The molecule has 0 bridgehead atoms. The zero-order valence-corrected chi connectivity index (χ0v) is 16.4. The van der Waals surface area contributed by atoms with Crippen LogP contribution >= 0.6 is 34.8 Å². The average Bonchev–Trinajstić information content (AvgIpc) is 2.71. The van der Waals surface area contributed by atoms with Crippen LogP contribution in [0, 0.1) is 0 Å². The molecule has 0 aliphatic heterocycles. The SMILES string of the molecule is O=C(Nc1ccc(Cl)c(-c2cnc3ccccc3n2)c1)c1cnc(Cl)c(Cl)c1. The molecule has 0 radical (unpaired) electrons.